The Kier molecular flexibility index (Phi) is 5.23. The Hall–Kier alpha value is -0.600. The van der Waals surface area contributed by atoms with Crippen LogP contribution in [-0.2, 0) is 12.5 Å². The van der Waals surface area contributed by atoms with Crippen molar-refractivity contribution in [1.82, 2.24) is 0 Å². The van der Waals surface area contributed by atoms with Crippen LogP contribution in [0.4, 0.5) is 0 Å². The van der Waals surface area contributed by atoms with Gasteiger partial charge in [-0.25, -0.2) is 0 Å². The molecule has 0 aliphatic rings. The largest absolute Gasteiger partial charge is 0.487 e. The monoisotopic (exact) mass is 334 g/mol. The van der Waals surface area contributed by atoms with Crippen molar-refractivity contribution in [3.05, 3.63) is 62.6 Å². The van der Waals surface area contributed by atoms with Gasteiger partial charge in [0.1, 0.15) is 12.4 Å². The molecule has 0 atom stereocenters. The first-order valence-corrected chi connectivity index (χ1v) is 7.18. The molecule has 100 valence electrons. The molecule has 0 saturated heterocycles. The minimum Gasteiger partial charge on any atom is -0.487 e. The molecule has 0 N–H and O–H groups in total. The first-order chi connectivity index (χ1) is 9.10. The molecule has 5 heteroatoms. The quantitative estimate of drug-likeness (QED) is 0.626. The molecule has 0 unspecified atom stereocenters. The second kappa shape index (κ2) is 6.71. The lowest BCUT2D eigenvalue weighted by Gasteiger charge is -2.10. The summed E-state index contributed by atoms with van der Waals surface area (Å²) in [5, 5.41) is 1.70. The number of rotatable bonds is 4. The molecule has 2 aromatic rings. The van der Waals surface area contributed by atoms with Gasteiger partial charge in [-0.05, 0) is 29.8 Å². The number of ether oxygens (including phenoxy) is 1. The summed E-state index contributed by atoms with van der Waals surface area (Å²) in [5.41, 5.74) is 1.80. The smallest absolute Gasteiger partial charge is 0.138 e. The maximum Gasteiger partial charge on any atom is 0.138 e. The Labute approximate surface area is 132 Å². The molecule has 0 aliphatic heterocycles. The van der Waals surface area contributed by atoms with Gasteiger partial charge in [-0.2, -0.15) is 0 Å². The summed E-state index contributed by atoms with van der Waals surface area (Å²) in [6.45, 7) is 0.329. The van der Waals surface area contributed by atoms with Gasteiger partial charge in [-0.3, -0.25) is 0 Å². The number of alkyl halides is 1. The van der Waals surface area contributed by atoms with Crippen molar-refractivity contribution >= 4 is 46.4 Å². The van der Waals surface area contributed by atoms with Crippen LogP contribution in [0.1, 0.15) is 11.1 Å². The van der Waals surface area contributed by atoms with E-state index in [2.05, 4.69) is 0 Å². The molecule has 0 aromatic heterocycles. The molecule has 1 nitrogen and oxygen atoms in total. The van der Waals surface area contributed by atoms with Gasteiger partial charge in [-0.1, -0.05) is 46.9 Å². The molecule has 0 amide bonds. The summed E-state index contributed by atoms with van der Waals surface area (Å²) < 4.78 is 5.64. The highest BCUT2D eigenvalue weighted by atomic mass is 35.5. The maximum absolute atomic E-state index is 6.10. The predicted octanol–water partition coefficient (Wildman–Crippen LogP) is 5.96. The summed E-state index contributed by atoms with van der Waals surface area (Å²) in [5.74, 6) is 1.02. The van der Waals surface area contributed by atoms with E-state index >= 15 is 0 Å². The van der Waals surface area contributed by atoms with E-state index in [1.165, 1.54) is 0 Å². The van der Waals surface area contributed by atoms with Crippen LogP contribution in [0, 0.1) is 0 Å². The lowest BCUT2D eigenvalue weighted by molar-refractivity contribution is 0.306. The number of hydrogen-bond donors (Lipinski definition) is 0. The summed E-state index contributed by atoms with van der Waals surface area (Å²) >= 11 is 23.7. The third-order valence-corrected chi connectivity index (χ3v) is 3.74. The van der Waals surface area contributed by atoms with Crippen LogP contribution in [0.5, 0.6) is 5.75 Å². The number of benzene rings is 2. The second-order valence-electron chi connectivity index (χ2n) is 3.92. The van der Waals surface area contributed by atoms with Crippen LogP contribution >= 0.6 is 46.4 Å². The molecule has 0 bridgehead atoms. The zero-order chi connectivity index (χ0) is 13.8. The maximum atomic E-state index is 6.10. The van der Waals surface area contributed by atoms with Crippen molar-refractivity contribution in [2.24, 2.45) is 0 Å². The fourth-order valence-electron chi connectivity index (χ4n) is 1.54. The summed E-state index contributed by atoms with van der Waals surface area (Å²) in [6.07, 6.45) is 0. The van der Waals surface area contributed by atoms with Gasteiger partial charge >= 0.3 is 0 Å². The van der Waals surface area contributed by atoms with E-state index in [1.54, 1.807) is 24.3 Å². The van der Waals surface area contributed by atoms with Gasteiger partial charge in [0.15, 0.2) is 0 Å². The van der Waals surface area contributed by atoms with Crippen molar-refractivity contribution in [1.29, 1.82) is 0 Å². The highest BCUT2D eigenvalue weighted by Crippen LogP contribution is 2.28. The zero-order valence-corrected chi connectivity index (χ0v) is 12.8. The first-order valence-electron chi connectivity index (χ1n) is 5.51. The van der Waals surface area contributed by atoms with Crippen LogP contribution in [-0.4, -0.2) is 0 Å². The lowest BCUT2D eigenvalue weighted by atomic mass is 10.2. The molecule has 0 saturated carbocycles. The molecule has 0 spiro atoms. The van der Waals surface area contributed by atoms with Gasteiger partial charge in [0.2, 0.25) is 0 Å². The summed E-state index contributed by atoms with van der Waals surface area (Å²) in [6, 6.07) is 10.7. The second-order valence-corrected chi connectivity index (χ2v) is 5.44. The van der Waals surface area contributed by atoms with Crippen molar-refractivity contribution in [3.63, 3.8) is 0 Å². The average molecular weight is 336 g/mol. The average Bonchev–Trinajstić information content (AvgIpc) is 2.39. The first kappa shape index (κ1) is 14.8. The van der Waals surface area contributed by atoms with E-state index in [-0.39, 0.29) is 0 Å². The highest BCUT2D eigenvalue weighted by Gasteiger charge is 2.06. The summed E-state index contributed by atoms with van der Waals surface area (Å²) in [4.78, 5) is 0. The third-order valence-electron chi connectivity index (χ3n) is 2.55. The minimum atomic E-state index is 0.329. The van der Waals surface area contributed by atoms with Gasteiger partial charge in [-0.15, -0.1) is 11.6 Å². The molecule has 2 rings (SSSR count). The SMILES string of the molecule is ClCc1ccc(OCc2ccc(Cl)cc2Cl)c(Cl)c1. The van der Waals surface area contributed by atoms with Gasteiger partial charge < -0.3 is 4.74 Å². The standard InChI is InChI=1S/C14H10Cl4O/c15-7-9-1-4-14(13(18)5-9)19-8-10-2-3-11(16)6-12(10)17/h1-6H,7-8H2. The lowest BCUT2D eigenvalue weighted by Crippen LogP contribution is -1.97. The third kappa shape index (κ3) is 3.93. The minimum absolute atomic E-state index is 0.329. The highest BCUT2D eigenvalue weighted by molar-refractivity contribution is 6.35. The molecular formula is C14H10Cl4O. The van der Waals surface area contributed by atoms with Gasteiger partial charge in [0, 0.05) is 21.5 Å². The van der Waals surface area contributed by atoms with E-state index < -0.39 is 0 Å². The van der Waals surface area contributed by atoms with E-state index in [9.17, 15) is 0 Å². The number of halogens is 4. The van der Waals surface area contributed by atoms with Gasteiger partial charge in [0.25, 0.3) is 0 Å². The fourth-order valence-corrected chi connectivity index (χ4v) is 2.43. The molecule has 0 radical (unpaired) electrons. The van der Waals surface area contributed by atoms with E-state index in [0.717, 1.165) is 11.1 Å². The van der Waals surface area contributed by atoms with Crippen LogP contribution in [0.25, 0.3) is 0 Å². The molecule has 2 aromatic carbocycles. The Morgan fingerprint density at radius 2 is 1.68 bits per heavy atom. The van der Waals surface area contributed by atoms with Crippen molar-refractivity contribution in [2.45, 2.75) is 12.5 Å². The van der Waals surface area contributed by atoms with Crippen LogP contribution < -0.4 is 4.74 Å². The Bertz CT molecular complexity index is 584. The van der Waals surface area contributed by atoms with Crippen molar-refractivity contribution in [2.75, 3.05) is 0 Å². The molecular weight excluding hydrogens is 326 g/mol. The van der Waals surface area contributed by atoms with E-state index in [1.807, 2.05) is 12.1 Å². The molecule has 19 heavy (non-hydrogen) atoms. The molecule has 0 heterocycles. The molecule has 0 fully saturated rings. The summed E-state index contributed by atoms with van der Waals surface area (Å²) in [7, 11) is 0. The predicted molar refractivity (Wildman–Crippen MR) is 81.8 cm³/mol. The van der Waals surface area contributed by atoms with Crippen LogP contribution in [0.15, 0.2) is 36.4 Å². The Balaban J connectivity index is 2.10. The van der Waals surface area contributed by atoms with Crippen LogP contribution in [0.2, 0.25) is 15.1 Å². The normalized spacial score (nSPS) is 10.5. The van der Waals surface area contributed by atoms with E-state index in [0.29, 0.717) is 33.3 Å². The van der Waals surface area contributed by atoms with E-state index in [4.69, 9.17) is 51.1 Å². The van der Waals surface area contributed by atoms with Crippen LogP contribution in [0.3, 0.4) is 0 Å². The Morgan fingerprint density at radius 3 is 2.32 bits per heavy atom. The Morgan fingerprint density at radius 1 is 0.895 bits per heavy atom. The van der Waals surface area contributed by atoms with Crippen molar-refractivity contribution in [3.8, 4) is 5.75 Å². The van der Waals surface area contributed by atoms with Gasteiger partial charge in [0.05, 0.1) is 5.02 Å². The fraction of sp³-hybridized carbons (Fsp3) is 0.143. The van der Waals surface area contributed by atoms with Crippen molar-refractivity contribution < 1.29 is 4.74 Å². The molecule has 0 aliphatic carbocycles. The topological polar surface area (TPSA) is 9.23 Å². The zero-order valence-electron chi connectivity index (χ0n) is 9.80. The number of hydrogen-bond acceptors (Lipinski definition) is 1.